The summed E-state index contributed by atoms with van der Waals surface area (Å²) in [5.41, 5.74) is 19.9. The Balaban J connectivity index is 1.27. The van der Waals surface area contributed by atoms with E-state index in [0.717, 1.165) is 54.9 Å². The van der Waals surface area contributed by atoms with Crippen molar-refractivity contribution in [2.45, 2.75) is 45.2 Å². The maximum absolute atomic E-state index is 6.32. The van der Waals surface area contributed by atoms with Gasteiger partial charge in [-0.15, -0.1) is 5.11 Å². The van der Waals surface area contributed by atoms with Crippen LogP contribution < -0.4 is 16.9 Å². The van der Waals surface area contributed by atoms with Gasteiger partial charge >= 0.3 is 0 Å². The number of hydrogen-bond acceptors (Lipinski definition) is 4. The van der Waals surface area contributed by atoms with Crippen molar-refractivity contribution in [2.24, 2.45) is 31.8 Å². The fraction of sp³-hybridized carbons (Fsp3) is 0.300. The van der Waals surface area contributed by atoms with Crippen LogP contribution >= 0.6 is 0 Å². The van der Waals surface area contributed by atoms with Crippen molar-refractivity contribution in [3.05, 3.63) is 95.6 Å². The number of piperidine rings is 1. The predicted molar refractivity (Wildman–Crippen MR) is 157 cm³/mol. The number of nitrogens with zero attached hydrogens (tertiary/aromatic N) is 5. The van der Waals surface area contributed by atoms with Gasteiger partial charge in [0.25, 0.3) is 0 Å². The molecule has 1 aliphatic heterocycles. The van der Waals surface area contributed by atoms with Crippen LogP contribution in [0.25, 0.3) is 0 Å². The minimum absolute atomic E-state index is 0.205. The molecule has 3 aromatic carbocycles. The Morgan fingerprint density at radius 2 is 1.55 bits per heavy atom. The maximum Gasteiger partial charge on any atom is 0.170 e. The standard InChI is InChI=1S/C30H37N8/c1-3-22(2)33-29(31)24-9-13-27(14-10-24)35-37-36-28-15-11-25(12-16-28)30(32)34-26-17-19-38(20-18-26)21-23-7-5-4-6-8-23/h4-16,21-22,26H,3,17-20H2,1-2H3,(H2,31,33)(H2,32,34)(H,35,36)/q+1. The van der Waals surface area contributed by atoms with E-state index in [1.807, 2.05) is 61.5 Å². The lowest BCUT2D eigenvalue weighted by molar-refractivity contribution is -0.533. The molecule has 0 bridgehead atoms. The van der Waals surface area contributed by atoms with Crippen LogP contribution in [0.3, 0.4) is 0 Å². The molecule has 0 aliphatic carbocycles. The molecule has 1 heterocycles. The number of nitrogens with two attached hydrogens (primary N) is 2. The second-order valence-corrected chi connectivity index (χ2v) is 9.53. The van der Waals surface area contributed by atoms with Crippen molar-refractivity contribution in [3.8, 4) is 0 Å². The largest absolute Gasteiger partial charge is 0.383 e. The minimum Gasteiger partial charge on any atom is -0.383 e. The average Bonchev–Trinajstić information content (AvgIpc) is 2.95. The van der Waals surface area contributed by atoms with E-state index in [1.165, 1.54) is 5.56 Å². The number of rotatable bonds is 9. The summed E-state index contributed by atoms with van der Waals surface area (Å²) in [6.07, 6.45) is 5.15. The molecule has 196 valence electrons. The number of benzene rings is 3. The molecule has 38 heavy (non-hydrogen) atoms. The molecule has 1 saturated heterocycles. The van der Waals surface area contributed by atoms with Gasteiger partial charge in [0.05, 0.1) is 17.4 Å². The highest BCUT2D eigenvalue weighted by Crippen LogP contribution is 2.17. The highest BCUT2D eigenvalue weighted by molar-refractivity contribution is 5.98. The molecule has 4 rings (SSSR count). The third-order valence-corrected chi connectivity index (χ3v) is 6.59. The zero-order chi connectivity index (χ0) is 26.7. The molecule has 8 nitrogen and oxygen atoms in total. The Bertz CT molecular complexity index is 1280. The molecule has 0 saturated carbocycles. The molecule has 1 aliphatic rings. The van der Waals surface area contributed by atoms with Crippen LogP contribution in [-0.4, -0.2) is 47.6 Å². The molecule has 0 radical (unpaired) electrons. The van der Waals surface area contributed by atoms with Gasteiger partial charge in [-0.3, -0.25) is 15.4 Å². The van der Waals surface area contributed by atoms with E-state index in [0.29, 0.717) is 11.7 Å². The fourth-order valence-corrected chi connectivity index (χ4v) is 4.12. The summed E-state index contributed by atoms with van der Waals surface area (Å²) in [6, 6.07) is 26.1. The van der Waals surface area contributed by atoms with Crippen molar-refractivity contribution < 1.29 is 4.58 Å². The molecule has 8 heteroatoms. The van der Waals surface area contributed by atoms with E-state index in [1.54, 1.807) is 0 Å². The summed E-state index contributed by atoms with van der Waals surface area (Å²) < 4.78 is 2.36. The van der Waals surface area contributed by atoms with Crippen molar-refractivity contribution >= 4 is 29.3 Å². The van der Waals surface area contributed by atoms with Crippen LogP contribution in [0, 0.1) is 0 Å². The normalized spacial score (nSPS) is 17.4. The van der Waals surface area contributed by atoms with Crippen LogP contribution in [-0.2, 0) is 0 Å². The Morgan fingerprint density at radius 1 is 0.921 bits per heavy atom. The van der Waals surface area contributed by atoms with Gasteiger partial charge in [0.15, 0.2) is 6.21 Å². The fourth-order valence-electron chi connectivity index (χ4n) is 4.12. The Hall–Kier alpha value is -4.33. The first-order valence-electron chi connectivity index (χ1n) is 13.2. The third kappa shape index (κ3) is 7.83. The topological polar surface area (TPSA) is 117 Å². The molecular weight excluding hydrogens is 472 g/mol. The van der Waals surface area contributed by atoms with Crippen LogP contribution in [0.2, 0.25) is 0 Å². The molecule has 1 fully saturated rings. The summed E-state index contributed by atoms with van der Waals surface area (Å²) in [6.45, 7) is 6.09. The van der Waals surface area contributed by atoms with Gasteiger partial charge < -0.3 is 11.5 Å². The lowest BCUT2D eigenvalue weighted by Gasteiger charge is -2.18. The molecular formula is C30H37N8+. The van der Waals surface area contributed by atoms with Gasteiger partial charge in [0.2, 0.25) is 0 Å². The number of nitrogens with one attached hydrogen (secondary N) is 1. The SMILES string of the molecule is CCC(C)N=C(N)c1ccc(NN=Nc2ccc(C(N)=NC3CC[N+](=Cc4ccccc4)CC3)cc2)cc1. The summed E-state index contributed by atoms with van der Waals surface area (Å²) in [5.74, 6) is 1.11. The quantitative estimate of drug-likeness (QED) is 0.119. The Labute approximate surface area is 224 Å². The monoisotopic (exact) mass is 509 g/mol. The lowest BCUT2D eigenvalue weighted by Crippen LogP contribution is -2.30. The summed E-state index contributed by atoms with van der Waals surface area (Å²) in [5, 5.41) is 8.34. The molecule has 5 N–H and O–H groups in total. The minimum atomic E-state index is 0.205. The van der Waals surface area contributed by atoms with E-state index in [9.17, 15) is 0 Å². The smallest absolute Gasteiger partial charge is 0.170 e. The zero-order valence-corrected chi connectivity index (χ0v) is 22.2. The van der Waals surface area contributed by atoms with Crippen LogP contribution in [0.1, 0.15) is 49.8 Å². The highest BCUT2D eigenvalue weighted by atomic mass is 15.4. The van der Waals surface area contributed by atoms with Gasteiger partial charge in [-0.1, -0.05) is 30.3 Å². The average molecular weight is 510 g/mol. The molecule has 3 aromatic rings. The number of aliphatic imine (C=N–C) groups is 2. The van der Waals surface area contributed by atoms with Crippen molar-refractivity contribution in [1.82, 2.24) is 0 Å². The van der Waals surface area contributed by atoms with E-state index < -0.39 is 0 Å². The van der Waals surface area contributed by atoms with Gasteiger partial charge in [0, 0.05) is 35.6 Å². The van der Waals surface area contributed by atoms with Gasteiger partial charge in [-0.05, 0) is 74.0 Å². The second-order valence-electron chi connectivity index (χ2n) is 9.53. The van der Waals surface area contributed by atoms with Crippen molar-refractivity contribution in [2.75, 3.05) is 18.5 Å². The van der Waals surface area contributed by atoms with Crippen molar-refractivity contribution in [1.29, 1.82) is 0 Å². The highest BCUT2D eigenvalue weighted by Gasteiger charge is 2.21. The van der Waals surface area contributed by atoms with Crippen LogP contribution in [0.5, 0.6) is 0 Å². The maximum atomic E-state index is 6.32. The lowest BCUT2D eigenvalue weighted by atomic mass is 10.1. The Morgan fingerprint density at radius 3 is 2.21 bits per heavy atom. The number of hydrogen-bond donors (Lipinski definition) is 3. The van der Waals surface area contributed by atoms with Gasteiger partial charge in [-0.25, -0.2) is 4.58 Å². The Kier molecular flexibility index (Phi) is 9.34. The molecule has 1 unspecified atom stereocenters. The van der Waals surface area contributed by atoms with Crippen LogP contribution in [0.4, 0.5) is 11.4 Å². The number of anilines is 1. The first-order chi connectivity index (χ1) is 18.5. The first kappa shape index (κ1) is 26.7. The van der Waals surface area contributed by atoms with Gasteiger partial charge in [-0.2, -0.15) is 0 Å². The van der Waals surface area contributed by atoms with E-state index in [2.05, 4.69) is 62.7 Å². The molecule has 0 amide bonds. The molecule has 0 spiro atoms. The summed E-state index contributed by atoms with van der Waals surface area (Å²) in [4.78, 5) is 9.27. The molecule has 0 aromatic heterocycles. The zero-order valence-electron chi connectivity index (χ0n) is 22.2. The van der Waals surface area contributed by atoms with Crippen molar-refractivity contribution in [3.63, 3.8) is 0 Å². The molecule has 1 atom stereocenters. The second kappa shape index (κ2) is 13.3. The third-order valence-electron chi connectivity index (χ3n) is 6.59. The van der Waals surface area contributed by atoms with E-state index in [-0.39, 0.29) is 12.1 Å². The van der Waals surface area contributed by atoms with E-state index >= 15 is 0 Å². The summed E-state index contributed by atoms with van der Waals surface area (Å²) in [7, 11) is 0. The predicted octanol–water partition coefficient (Wildman–Crippen LogP) is 5.30. The first-order valence-corrected chi connectivity index (χ1v) is 13.2. The number of amidine groups is 2. The summed E-state index contributed by atoms with van der Waals surface area (Å²) >= 11 is 0. The van der Waals surface area contributed by atoms with E-state index in [4.69, 9.17) is 16.5 Å². The van der Waals surface area contributed by atoms with Gasteiger partial charge in [0.1, 0.15) is 24.8 Å². The van der Waals surface area contributed by atoms with Crippen LogP contribution in [0.15, 0.2) is 99.2 Å².